The first-order chi connectivity index (χ1) is 69.0. The largest absolute Gasteiger partial charge is 0.310 e. The Hall–Kier alpha value is -17.4. The van der Waals surface area contributed by atoms with Crippen LogP contribution in [-0.4, -0.2) is 9.13 Å². The maximum atomic E-state index is 2.51. The van der Waals surface area contributed by atoms with E-state index in [1.165, 1.54) is 221 Å². The van der Waals surface area contributed by atoms with Gasteiger partial charge in [0.05, 0.1) is 32.9 Å². The van der Waals surface area contributed by atoms with Gasteiger partial charge in [0.25, 0.3) is 0 Å². The molecule has 0 saturated heterocycles. The summed E-state index contributed by atoms with van der Waals surface area (Å²) in [6.07, 6.45) is 0. The van der Waals surface area contributed by atoms with E-state index in [1.54, 1.807) is 0 Å². The molecule has 2 aromatic heterocycles. The summed E-state index contributed by atoms with van der Waals surface area (Å²) in [6.45, 7) is 9.64. The Morgan fingerprint density at radius 3 is 0.814 bits per heavy atom. The van der Waals surface area contributed by atoms with Crippen LogP contribution in [0.5, 0.6) is 0 Å². The minimum atomic E-state index is -0.519. The maximum Gasteiger partial charge on any atom is 0.0726 e. The molecule has 5 aliphatic rings. The standard InChI is InChI=1S/C68H46N2.C68H48N2/c1-67(2)62-40-47(33-37-54(62)55-38-35-49(41-63(55)67)70-65-27-15-11-23-57(65)58-36-30-45-18-6-7-19-50(45)66(58)70)69(46-31-28-44(29-32-46)43-16-4-3-5-17-43)48-34-39-56-53-22-10-14-26-61(53)68(64(56)42-48)59-24-12-8-20-51(59)52-21-9-13-25-60(52)68;1-67(2)62-42-51(35-39-56(62)57-40-37-53(43-63(57)67)70-65-29-17-15-27-59(65)60-38-32-47-20-12-13-25-54(47)66(60)70)69(50-33-30-46(31-34-50)45-18-6-3-7-19-45)52-36-41-58-55-26-14-16-28-61(55)68(64(58)44-52,48-21-8-4-9-22-48)49-23-10-5-11-24-49/h3-42H,1-2H3;3-44H,1-2H3. The van der Waals surface area contributed by atoms with E-state index >= 15 is 0 Å². The van der Waals surface area contributed by atoms with Crippen molar-refractivity contribution < 1.29 is 0 Å². The van der Waals surface area contributed by atoms with Crippen LogP contribution < -0.4 is 9.80 Å². The average Bonchev–Trinajstić information content (AvgIpc) is 1.50. The minimum absolute atomic E-state index is 0.277. The molecule has 2 heterocycles. The average molecular weight is 1780 g/mol. The molecular formula is C136H94N4. The van der Waals surface area contributed by atoms with E-state index in [9.17, 15) is 0 Å². The molecule has 24 aromatic rings. The third-order valence-electron chi connectivity index (χ3n) is 31.8. The van der Waals surface area contributed by atoms with Crippen LogP contribution in [0.4, 0.5) is 34.1 Å². The fraction of sp³-hybridized carbons (Fsp3) is 0.0588. The summed E-state index contributed by atoms with van der Waals surface area (Å²) in [4.78, 5) is 4.97. The Labute approximate surface area is 815 Å². The van der Waals surface area contributed by atoms with Gasteiger partial charge >= 0.3 is 0 Å². The fourth-order valence-corrected chi connectivity index (χ4v) is 25.5. The summed E-state index contributed by atoms with van der Waals surface area (Å²) in [6, 6.07) is 186. The first kappa shape index (κ1) is 81.0. The lowest BCUT2D eigenvalue weighted by Crippen LogP contribution is -2.28. The number of aromatic nitrogens is 2. The Morgan fingerprint density at radius 1 is 0.171 bits per heavy atom. The van der Waals surface area contributed by atoms with E-state index < -0.39 is 10.8 Å². The van der Waals surface area contributed by atoms with Gasteiger partial charge in [-0.15, -0.1) is 0 Å². The van der Waals surface area contributed by atoms with Crippen LogP contribution in [0.3, 0.4) is 0 Å². The Balaban J connectivity index is 0.000000137. The van der Waals surface area contributed by atoms with Crippen molar-refractivity contribution in [3.05, 3.63) is 564 Å². The first-order valence-electron chi connectivity index (χ1n) is 49.1. The Kier molecular flexibility index (Phi) is 18.0. The van der Waals surface area contributed by atoms with Gasteiger partial charge in [-0.05, 0) is 265 Å². The molecule has 0 saturated carbocycles. The van der Waals surface area contributed by atoms with Crippen molar-refractivity contribution in [1.82, 2.24) is 9.13 Å². The van der Waals surface area contributed by atoms with Gasteiger partial charge in [0, 0.05) is 88.6 Å². The van der Waals surface area contributed by atoms with Crippen LogP contribution in [0.15, 0.2) is 497 Å². The molecule has 140 heavy (non-hydrogen) atoms. The van der Waals surface area contributed by atoms with Gasteiger partial charge in [-0.3, -0.25) is 0 Å². The van der Waals surface area contributed by atoms with E-state index in [0.717, 1.165) is 34.1 Å². The molecule has 4 nitrogen and oxygen atoms in total. The molecule has 5 aliphatic carbocycles. The Morgan fingerprint density at radius 2 is 0.436 bits per heavy atom. The van der Waals surface area contributed by atoms with Crippen molar-refractivity contribution >= 4 is 99.3 Å². The molecular weight excluding hydrogens is 1690 g/mol. The van der Waals surface area contributed by atoms with Crippen LogP contribution >= 0.6 is 0 Å². The van der Waals surface area contributed by atoms with E-state index in [4.69, 9.17) is 0 Å². The maximum absolute atomic E-state index is 2.51. The molecule has 1 spiro atoms. The summed E-state index contributed by atoms with van der Waals surface area (Å²) in [5.41, 5.74) is 46.1. The van der Waals surface area contributed by atoms with Crippen molar-refractivity contribution in [2.24, 2.45) is 0 Å². The van der Waals surface area contributed by atoms with Crippen molar-refractivity contribution in [3.8, 4) is 89.3 Å². The molecule has 658 valence electrons. The number of nitrogens with zero attached hydrogens (tertiary/aromatic N) is 4. The van der Waals surface area contributed by atoms with Gasteiger partial charge in [0.1, 0.15) is 0 Å². The summed E-state index contributed by atoms with van der Waals surface area (Å²) in [5.74, 6) is 0. The zero-order valence-electron chi connectivity index (χ0n) is 78.1. The first-order valence-corrected chi connectivity index (χ1v) is 49.1. The number of fused-ring (bicyclic) bond motifs is 29. The molecule has 0 fully saturated rings. The molecule has 0 bridgehead atoms. The van der Waals surface area contributed by atoms with Crippen molar-refractivity contribution in [1.29, 1.82) is 0 Å². The molecule has 0 atom stereocenters. The number of anilines is 6. The summed E-state index contributed by atoms with van der Waals surface area (Å²) < 4.78 is 4.99. The van der Waals surface area contributed by atoms with Gasteiger partial charge < -0.3 is 18.9 Å². The van der Waals surface area contributed by atoms with Crippen LogP contribution in [0.2, 0.25) is 0 Å². The monoisotopic (exact) mass is 1780 g/mol. The van der Waals surface area contributed by atoms with Crippen LogP contribution in [0, 0.1) is 0 Å². The topological polar surface area (TPSA) is 16.3 Å². The highest BCUT2D eigenvalue weighted by molar-refractivity contribution is 6.20. The fourth-order valence-electron chi connectivity index (χ4n) is 25.5. The van der Waals surface area contributed by atoms with Crippen LogP contribution in [0.1, 0.15) is 94.5 Å². The van der Waals surface area contributed by atoms with E-state index in [-0.39, 0.29) is 10.8 Å². The molecule has 0 N–H and O–H groups in total. The van der Waals surface area contributed by atoms with Gasteiger partial charge in [-0.25, -0.2) is 0 Å². The predicted octanol–water partition coefficient (Wildman–Crippen LogP) is 35.5. The number of hydrogen-bond acceptors (Lipinski definition) is 2. The SMILES string of the molecule is CC1(C)c2cc(N(c3ccc(-c4ccccc4)cc3)c3ccc4c(c3)C(c3ccccc3)(c3ccccc3)c3ccccc3-4)ccc2-c2ccc(-n3c4ccccc4c4ccc5ccccc5c43)cc21.CC1(C)c2cc(N(c3ccc(-c4ccccc4)cc3)c3ccc4c(c3)C3(c5ccccc5-c5ccccc53)c3ccccc3-4)ccc2-c2ccc(-n3c4ccccc4c4ccc5ccccc5c43)cc21. The zero-order chi connectivity index (χ0) is 92.9. The smallest absolute Gasteiger partial charge is 0.0726 e. The molecule has 29 rings (SSSR count). The number of benzene rings is 22. The normalized spacial score (nSPS) is 13.9. The summed E-state index contributed by atoms with van der Waals surface area (Å²) in [5, 5.41) is 10.1. The van der Waals surface area contributed by atoms with Crippen LogP contribution in [0.25, 0.3) is 154 Å². The molecule has 0 radical (unpaired) electrons. The number of para-hydroxylation sites is 2. The lowest BCUT2D eigenvalue weighted by atomic mass is 9.67. The van der Waals surface area contributed by atoms with Crippen LogP contribution in [-0.2, 0) is 21.7 Å². The van der Waals surface area contributed by atoms with E-state index in [0.29, 0.717) is 0 Å². The third kappa shape index (κ3) is 11.8. The van der Waals surface area contributed by atoms with Crippen molar-refractivity contribution in [2.45, 2.75) is 49.4 Å². The molecule has 0 unspecified atom stereocenters. The number of rotatable bonds is 12. The zero-order valence-corrected chi connectivity index (χ0v) is 78.1. The second-order valence-electron chi connectivity index (χ2n) is 39.6. The molecule has 22 aromatic carbocycles. The van der Waals surface area contributed by atoms with E-state index in [2.05, 4.69) is 544 Å². The quantitative estimate of drug-likeness (QED) is 0.121. The van der Waals surface area contributed by atoms with Crippen molar-refractivity contribution in [3.63, 3.8) is 0 Å². The summed E-state index contributed by atoms with van der Waals surface area (Å²) >= 11 is 0. The van der Waals surface area contributed by atoms with Gasteiger partial charge in [-0.2, -0.15) is 0 Å². The second kappa shape index (κ2) is 31.0. The Bertz CT molecular complexity index is 8680. The molecule has 0 aliphatic heterocycles. The highest BCUT2D eigenvalue weighted by Crippen LogP contribution is 2.65. The minimum Gasteiger partial charge on any atom is -0.310 e. The van der Waals surface area contributed by atoms with Gasteiger partial charge in [0.15, 0.2) is 0 Å². The second-order valence-corrected chi connectivity index (χ2v) is 39.6. The third-order valence-corrected chi connectivity index (χ3v) is 31.8. The van der Waals surface area contributed by atoms with Gasteiger partial charge in [-0.1, -0.05) is 416 Å². The predicted molar refractivity (Wildman–Crippen MR) is 586 cm³/mol. The summed E-state index contributed by atoms with van der Waals surface area (Å²) in [7, 11) is 0. The van der Waals surface area contributed by atoms with Gasteiger partial charge in [0.2, 0.25) is 0 Å². The van der Waals surface area contributed by atoms with Crippen molar-refractivity contribution in [2.75, 3.05) is 9.80 Å². The number of hydrogen-bond donors (Lipinski definition) is 0. The highest BCUT2D eigenvalue weighted by atomic mass is 15.2. The molecule has 4 heteroatoms. The lowest BCUT2D eigenvalue weighted by molar-refractivity contribution is 0.660. The lowest BCUT2D eigenvalue weighted by Gasteiger charge is -2.35. The molecule has 0 amide bonds. The highest BCUT2D eigenvalue weighted by Gasteiger charge is 2.53. The van der Waals surface area contributed by atoms with E-state index in [1.807, 2.05) is 0 Å².